The highest BCUT2D eigenvalue weighted by atomic mass is 35.5. The number of hydrogen-bond acceptors (Lipinski definition) is 5. The summed E-state index contributed by atoms with van der Waals surface area (Å²) in [5.41, 5.74) is 0.820. The molecular weight excluding hydrogens is 408 g/mol. The zero-order valence-electron chi connectivity index (χ0n) is 14.4. The Labute approximate surface area is 165 Å². The molecule has 1 fully saturated rings. The van der Waals surface area contributed by atoms with Gasteiger partial charge in [-0.05, 0) is 30.5 Å². The van der Waals surface area contributed by atoms with Crippen molar-refractivity contribution < 1.29 is 13.2 Å². The van der Waals surface area contributed by atoms with Crippen molar-refractivity contribution in [2.45, 2.75) is 17.2 Å². The van der Waals surface area contributed by atoms with E-state index in [-0.39, 0.29) is 29.2 Å². The maximum absolute atomic E-state index is 13.0. The summed E-state index contributed by atoms with van der Waals surface area (Å²) in [6.07, 6.45) is 3.23. The van der Waals surface area contributed by atoms with E-state index in [1.165, 1.54) is 15.6 Å². The Morgan fingerprint density at radius 2 is 2.11 bits per heavy atom. The van der Waals surface area contributed by atoms with Gasteiger partial charge in [0.1, 0.15) is 4.21 Å². The average molecular weight is 425 g/mol. The number of fused-ring (bicyclic) bond motifs is 1. The second-order valence-corrected chi connectivity index (χ2v) is 10.0. The fourth-order valence-corrected chi connectivity index (χ4v) is 6.39. The highest BCUT2D eigenvalue weighted by Gasteiger charge is 2.36. The van der Waals surface area contributed by atoms with Crippen LogP contribution in [0.25, 0.3) is 10.1 Å². The lowest BCUT2D eigenvalue weighted by Gasteiger charge is -2.36. The lowest BCUT2D eigenvalue weighted by atomic mass is 10.2. The number of halogens is 1. The first-order valence-electron chi connectivity index (χ1n) is 8.33. The second-order valence-electron chi connectivity index (χ2n) is 6.36. The lowest BCUT2D eigenvalue weighted by Crippen LogP contribution is -2.52. The first-order valence-corrected chi connectivity index (χ1v) is 11.0. The maximum Gasteiger partial charge on any atom is 0.253 e. The number of carbonyl (C=O) groups is 1. The van der Waals surface area contributed by atoms with E-state index in [0.717, 1.165) is 15.8 Å². The Kier molecular flexibility index (Phi) is 4.71. The number of aromatic amines is 1. The monoisotopic (exact) mass is 424 g/mol. The van der Waals surface area contributed by atoms with Crippen molar-refractivity contribution in [3.8, 4) is 0 Å². The summed E-state index contributed by atoms with van der Waals surface area (Å²) in [5.74, 6) is -0.226. The van der Waals surface area contributed by atoms with Crippen molar-refractivity contribution in [3.05, 3.63) is 47.5 Å². The van der Waals surface area contributed by atoms with Crippen LogP contribution in [0.15, 0.2) is 41.0 Å². The molecular formula is C17H17ClN4O3S2. The molecule has 0 radical (unpaired) electrons. The number of aromatic nitrogens is 2. The van der Waals surface area contributed by atoms with Crippen LogP contribution in [0.3, 0.4) is 0 Å². The number of hydrogen-bond donors (Lipinski definition) is 1. The average Bonchev–Trinajstić information content (AvgIpc) is 3.30. The van der Waals surface area contributed by atoms with Gasteiger partial charge >= 0.3 is 0 Å². The predicted molar refractivity (Wildman–Crippen MR) is 104 cm³/mol. The molecule has 1 aliphatic heterocycles. The summed E-state index contributed by atoms with van der Waals surface area (Å²) < 4.78 is 28.3. The number of rotatable bonds is 4. The van der Waals surface area contributed by atoms with Gasteiger partial charge in [0.2, 0.25) is 5.91 Å². The van der Waals surface area contributed by atoms with E-state index in [1.807, 2.05) is 6.92 Å². The van der Waals surface area contributed by atoms with Crippen molar-refractivity contribution >= 4 is 49.0 Å². The number of H-pyrrole nitrogens is 1. The molecule has 0 aliphatic carbocycles. The first-order chi connectivity index (χ1) is 12.9. The van der Waals surface area contributed by atoms with Crippen LogP contribution in [0.4, 0.5) is 0 Å². The first kappa shape index (κ1) is 18.4. The normalized spacial score (nSPS) is 17.6. The van der Waals surface area contributed by atoms with Gasteiger partial charge in [-0.15, -0.1) is 11.3 Å². The zero-order chi connectivity index (χ0) is 19.2. The van der Waals surface area contributed by atoms with Crippen molar-refractivity contribution in [1.82, 2.24) is 19.2 Å². The molecule has 1 amide bonds. The summed E-state index contributed by atoms with van der Waals surface area (Å²) in [4.78, 5) is 21.3. The summed E-state index contributed by atoms with van der Waals surface area (Å²) in [7, 11) is -3.73. The van der Waals surface area contributed by atoms with Crippen LogP contribution in [0, 0.1) is 0 Å². The third-order valence-corrected chi connectivity index (χ3v) is 8.34. The number of imidazole rings is 1. The second kappa shape index (κ2) is 6.90. The fraction of sp³-hybridized carbons (Fsp3) is 0.294. The molecule has 0 bridgehead atoms. The van der Waals surface area contributed by atoms with Crippen molar-refractivity contribution in [2.24, 2.45) is 0 Å². The Bertz CT molecular complexity index is 1090. The minimum absolute atomic E-state index is 0.171. The van der Waals surface area contributed by atoms with E-state index in [1.54, 1.807) is 41.7 Å². The Hall–Kier alpha value is -1.94. The standard InChI is InChI=1S/C17H17ClN4O3S2/c1-11(14-8-19-10-20-14)22-5-4-21(9-16(22)23)27(24,25)17-6-12-2-3-13(18)7-15(12)26-17/h2-3,6-8,10-11H,4-5,9H2,1H3,(H,19,20). The van der Waals surface area contributed by atoms with Crippen LogP contribution in [-0.4, -0.2) is 53.1 Å². The van der Waals surface area contributed by atoms with E-state index in [2.05, 4.69) is 9.97 Å². The largest absolute Gasteiger partial charge is 0.347 e. The van der Waals surface area contributed by atoms with Crippen molar-refractivity contribution in [1.29, 1.82) is 0 Å². The van der Waals surface area contributed by atoms with Gasteiger partial charge in [0.15, 0.2) is 0 Å². The molecule has 0 spiro atoms. The molecule has 1 unspecified atom stereocenters. The molecule has 1 saturated heterocycles. The van der Waals surface area contributed by atoms with Crippen LogP contribution in [0.5, 0.6) is 0 Å². The summed E-state index contributed by atoms with van der Waals surface area (Å²) in [5, 5.41) is 1.38. The van der Waals surface area contributed by atoms with Crippen molar-refractivity contribution in [3.63, 3.8) is 0 Å². The van der Waals surface area contributed by atoms with Crippen LogP contribution in [0.2, 0.25) is 5.02 Å². The highest BCUT2D eigenvalue weighted by molar-refractivity contribution is 7.91. The Morgan fingerprint density at radius 1 is 1.30 bits per heavy atom. The molecule has 1 aromatic carbocycles. The summed E-state index contributed by atoms with van der Waals surface area (Å²) in [6.45, 7) is 2.30. The molecule has 10 heteroatoms. The maximum atomic E-state index is 13.0. The van der Waals surface area contributed by atoms with Crippen LogP contribution >= 0.6 is 22.9 Å². The van der Waals surface area contributed by atoms with Crippen LogP contribution in [-0.2, 0) is 14.8 Å². The van der Waals surface area contributed by atoms with E-state index in [4.69, 9.17) is 11.6 Å². The minimum Gasteiger partial charge on any atom is -0.347 e. The Morgan fingerprint density at radius 3 is 2.81 bits per heavy atom. The number of nitrogens with one attached hydrogen (secondary N) is 1. The van der Waals surface area contributed by atoms with Gasteiger partial charge in [-0.1, -0.05) is 17.7 Å². The molecule has 142 valence electrons. The van der Waals surface area contributed by atoms with Crippen LogP contribution < -0.4 is 0 Å². The van der Waals surface area contributed by atoms with Gasteiger partial charge in [-0.2, -0.15) is 4.31 Å². The molecule has 1 N–H and O–H groups in total. The predicted octanol–water partition coefficient (Wildman–Crippen LogP) is 2.87. The van der Waals surface area contributed by atoms with Crippen LogP contribution in [0.1, 0.15) is 18.7 Å². The topological polar surface area (TPSA) is 86.4 Å². The third-order valence-electron chi connectivity index (χ3n) is 4.71. The molecule has 1 atom stereocenters. The number of carbonyl (C=O) groups excluding carboxylic acids is 1. The van der Waals surface area contributed by atoms with Gasteiger partial charge in [0.05, 0.1) is 30.8 Å². The van der Waals surface area contributed by atoms with E-state index in [9.17, 15) is 13.2 Å². The quantitative estimate of drug-likeness (QED) is 0.697. The lowest BCUT2D eigenvalue weighted by molar-refractivity contribution is -0.136. The molecule has 2 aromatic heterocycles. The summed E-state index contributed by atoms with van der Waals surface area (Å²) in [6, 6.07) is 6.72. The molecule has 3 heterocycles. The molecule has 4 rings (SSSR count). The number of benzene rings is 1. The highest BCUT2D eigenvalue weighted by Crippen LogP contribution is 2.33. The SMILES string of the molecule is CC(c1cnc[nH]1)N1CCN(S(=O)(=O)c2cc3ccc(Cl)cc3s2)CC1=O. The number of nitrogens with zero attached hydrogens (tertiary/aromatic N) is 3. The molecule has 3 aromatic rings. The minimum atomic E-state index is -3.73. The molecule has 0 saturated carbocycles. The van der Waals surface area contributed by atoms with Gasteiger partial charge in [-0.3, -0.25) is 4.79 Å². The molecule has 7 nitrogen and oxygen atoms in total. The number of sulfonamides is 1. The smallest absolute Gasteiger partial charge is 0.253 e. The van der Waals surface area contributed by atoms with Gasteiger partial charge < -0.3 is 9.88 Å². The number of amides is 1. The fourth-order valence-electron chi connectivity index (χ4n) is 3.18. The molecule has 27 heavy (non-hydrogen) atoms. The number of thiophene rings is 1. The third kappa shape index (κ3) is 3.36. The van der Waals surface area contributed by atoms with Gasteiger partial charge in [-0.25, -0.2) is 13.4 Å². The zero-order valence-corrected chi connectivity index (χ0v) is 16.8. The van der Waals surface area contributed by atoms with Crippen molar-refractivity contribution in [2.75, 3.05) is 19.6 Å². The Balaban J connectivity index is 1.56. The van der Waals surface area contributed by atoms with E-state index >= 15 is 0 Å². The summed E-state index contributed by atoms with van der Waals surface area (Å²) >= 11 is 7.15. The van der Waals surface area contributed by atoms with E-state index in [0.29, 0.717) is 11.6 Å². The number of piperazine rings is 1. The van der Waals surface area contributed by atoms with Gasteiger partial charge in [0, 0.05) is 22.8 Å². The van der Waals surface area contributed by atoms with Gasteiger partial charge in [0.25, 0.3) is 10.0 Å². The van der Waals surface area contributed by atoms with E-state index < -0.39 is 10.0 Å². The molecule has 1 aliphatic rings.